The van der Waals surface area contributed by atoms with Crippen molar-refractivity contribution in [2.45, 2.75) is 18.6 Å². The molecule has 12 nitrogen and oxygen atoms in total. The Hall–Kier alpha value is -6.04. The van der Waals surface area contributed by atoms with E-state index in [0.29, 0.717) is 0 Å². The zero-order chi connectivity index (χ0) is 32.3. The van der Waals surface area contributed by atoms with Crippen LogP contribution >= 0.6 is 0 Å². The van der Waals surface area contributed by atoms with E-state index in [0.717, 1.165) is 0 Å². The molecule has 4 N–H and O–H groups in total. The van der Waals surface area contributed by atoms with Crippen LogP contribution in [0.25, 0.3) is 0 Å². The number of hydrogen-bond acceptors (Lipinski definition) is 12. The molecule has 4 aromatic carbocycles. The molecule has 0 amide bonds. The van der Waals surface area contributed by atoms with E-state index in [1.807, 2.05) is 0 Å². The lowest BCUT2D eigenvalue weighted by Crippen LogP contribution is -2.40. The molecule has 12 heteroatoms. The quantitative estimate of drug-likeness (QED) is 0.130. The summed E-state index contributed by atoms with van der Waals surface area (Å²) in [6.07, 6.45) is -2.95. The minimum atomic E-state index is -1.42. The second kappa shape index (κ2) is 14.9. The van der Waals surface area contributed by atoms with Gasteiger partial charge in [0.25, 0.3) is 0 Å². The largest absolute Gasteiger partial charge is 0.508 e. The van der Waals surface area contributed by atoms with Crippen LogP contribution in [0.3, 0.4) is 0 Å². The Balaban J connectivity index is 1.57. The number of benzene rings is 4. The van der Waals surface area contributed by atoms with Gasteiger partial charge in [0, 0.05) is 6.42 Å². The molecule has 0 fully saturated rings. The molecular weight excluding hydrogens is 588 g/mol. The van der Waals surface area contributed by atoms with Gasteiger partial charge in [-0.25, -0.2) is 19.2 Å². The van der Waals surface area contributed by atoms with E-state index in [1.54, 1.807) is 0 Å². The molecule has 0 aromatic heterocycles. The number of carbonyl (C=O) groups is 4. The SMILES string of the molecule is O=C(OCC[C@H](OC(=O)c1ccc(O)cc1)[C@@H](COC(=O)c1ccc(O)cc1)OC(=O)c1ccc(O)cc1)c1ccc(O)cc1. The van der Waals surface area contributed by atoms with Crippen molar-refractivity contribution in [1.82, 2.24) is 0 Å². The van der Waals surface area contributed by atoms with Gasteiger partial charge < -0.3 is 39.4 Å². The van der Waals surface area contributed by atoms with Crippen LogP contribution in [0.4, 0.5) is 0 Å². The van der Waals surface area contributed by atoms with Gasteiger partial charge >= 0.3 is 23.9 Å². The highest BCUT2D eigenvalue weighted by Gasteiger charge is 2.32. The van der Waals surface area contributed by atoms with Crippen molar-refractivity contribution in [3.63, 3.8) is 0 Å². The van der Waals surface area contributed by atoms with Crippen molar-refractivity contribution in [3.8, 4) is 23.0 Å². The Morgan fingerprint density at radius 1 is 0.444 bits per heavy atom. The number of ether oxygens (including phenoxy) is 4. The fourth-order valence-electron chi connectivity index (χ4n) is 3.93. The van der Waals surface area contributed by atoms with Gasteiger partial charge in [-0.05, 0) is 97.1 Å². The Bertz CT molecular complexity index is 1610. The zero-order valence-corrected chi connectivity index (χ0v) is 23.6. The van der Waals surface area contributed by atoms with E-state index in [4.69, 9.17) is 18.9 Å². The lowest BCUT2D eigenvalue weighted by molar-refractivity contribution is -0.0641. The summed E-state index contributed by atoms with van der Waals surface area (Å²) in [7, 11) is 0. The van der Waals surface area contributed by atoms with Crippen molar-refractivity contribution in [1.29, 1.82) is 0 Å². The first-order valence-electron chi connectivity index (χ1n) is 13.5. The van der Waals surface area contributed by atoms with Crippen molar-refractivity contribution < 1.29 is 58.6 Å². The van der Waals surface area contributed by atoms with Gasteiger partial charge in [0.2, 0.25) is 0 Å². The molecule has 0 bridgehead atoms. The van der Waals surface area contributed by atoms with Crippen LogP contribution in [0.1, 0.15) is 47.9 Å². The summed E-state index contributed by atoms with van der Waals surface area (Å²) >= 11 is 0. The topological polar surface area (TPSA) is 186 Å². The standard InChI is InChI=1S/C33H28O12/c34-24-9-1-20(2-10-24)30(38)42-18-17-28(44-32(40)22-5-13-26(36)14-6-22)29(45-33(41)23-7-15-27(37)16-8-23)19-43-31(39)21-3-11-25(35)12-4-21/h1-16,28-29,34-37H,17-19H2/t28-,29+/m0/s1. The van der Waals surface area contributed by atoms with E-state index < -0.39 is 42.7 Å². The van der Waals surface area contributed by atoms with E-state index in [2.05, 4.69) is 0 Å². The maximum Gasteiger partial charge on any atom is 0.338 e. The summed E-state index contributed by atoms with van der Waals surface area (Å²) in [4.78, 5) is 51.4. The first-order chi connectivity index (χ1) is 21.6. The molecule has 0 aliphatic rings. The number of phenols is 4. The molecular formula is C33H28O12. The van der Waals surface area contributed by atoms with Crippen LogP contribution in [0.5, 0.6) is 23.0 Å². The van der Waals surface area contributed by atoms with Crippen LogP contribution in [0, 0.1) is 0 Å². The van der Waals surface area contributed by atoms with Gasteiger partial charge in [0.15, 0.2) is 6.10 Å². The van der Waals surface area contributed by atoms with Crippen LogP contribution < -0.4 is 0 Å². The summed E-state index contributed by atoms with van der Waals surface area (Å²) in [6.45, 7) is -0.921. The van der Waals surface area contributed by atoms with Gasteiger partial charge in [-0.3, -0.25) is 0 Å². The maximum absolute atomic E-state index is 13.1. The van der Waals surface area contributed by atoms with Gasteiger partial charge in [-0.1, -0.05) is 0 Å². The molecule has 0 radical (unpaired) electrons. The highest BCUT2D eigenvalue weighted by molar-refractivity contribution is 5.91. The Kier molecular flexibility index (Phi) is 10.6. The Morgan fingerprint density at radius 2 is 0.756 bits per heavy atom. The first kappa shape index (κ1) is 31.9. The summed E-state index contributed by atoms with van der Waals surface area (Å²) < 4.78 is 22.0. The Labute approximate surface area is 256 Å². The van der Waals surface area contributed by atoms with E-state index in [-0.39, 0.29) is 58.3 Å². The molecule has 0 aliphatic carbocycles. The number of hydrogen-bond donors (Lipinski definition) is 4. The smallest absolute Gasteiger partial charge is 0.338 e. The molecule has 0 heterocycles. The minimum Gasteiger partial charge on any atom is -0.508 e. The normalized spacial score (nSPS) is 11.9. The summed E-state index contributed by atoms with van der Waals surface area (Å²) in [5.41, 5.74) is 0.300. The summed E-state index contributed by atoms with van der Waals surface area (Å²) in [5, 5.41) is 38.2. The fraction of sp³-hybridized carbons (Fsp3) is 0.152. The predicted octanol–water partition coefficient (Wildman–Crippen LogP) is 4.36. The molecule has 0 saturated carbocycles. The second-order valence-corrected chi connectivity index (χ2v) is 9.60. The molecule has 0 unspecified atom stereocenters. The molecule has 2 atom stereocenters. The highest BCUT2D eigenvalue weighted by Crippen LogP contribution is 2.20. The van der Waals surface area contributed by atoms with E-state index in [1.165, 1.54) is 97.1 Å². The van der Waals surface area contributed by atoms with Gasteiger partial charge in [-0.15, -0.1) is 0 Å². The van der Waals surface area contributed by atoms with Crippen LogP contribution in [0.15, 0.2) is 97.1 Å². The number of esters is 4. The lowest BCUT2D eigenvalue weighted by Gasteiger charge is -2.27. The predicted molar refractivity (Wildman–Crippen MR) is 156 cm³/mol. The van der Waals surface area contributed by atoms with E-state index >= 15 is 0 Å². The third kappa shape index (κ3) is 9.22. The second-order valence-electron chi connectivity index (χ2n) is 9.60. The van der Waals surface area contributed by atoms with Crippen molar-refractivity contribution in [2.24, 2.45) is 0 Å². The van der Waals surface area contributed by atoms with E-state index in [9.17, 15) is 39.6 Å². The number of rotatable bonds is 12. The van der Waals surface area contributed by atoms with Crippen molar-refractivity contribution in [2.75, 3.05) is 13.2 Å². The van der Waals surface area contributed by atoms with Crippen LogP contribution in [-0.4, -0.2) is 69.7 Å². The lowest BCUT2D eigenvalue weighted by atomic mass is 10.1. The molecule has 0 aliphatic heterocycles. The number of carbonyl (C=O) groups excluding carboxylic acids is 4. The van der Waals surface area contributed by atoms with Gasteiger partial charge in [0.05, 0.1) is 28.9 Å². The third-order valence-corrected chi connectivity index (χ3v) is 6.36. The average Bonchev–Trinajstić information content (AvgIpc) is 3.03. The molecule has 45 heavy (non-hydrogen) atoms. The zero-order valence-electron chi connectivity index (χ0n) is 23.6. The fourth-order valence-corrected chi connectivity index (χ4v) is 3.93. The molecule has 232 valence electrons. The van der Waals surface area contributed by atoms with Crippen molar-refractivity contribution in [3.05, 3.63) is 119 Å². The number of aromatic hydroxyl groups is 4. The molecule has 4 aromatic rings. The monoisotopic (exact) mass is 616 g/mol. The van der Waals surface area contributed by atoms with Gasteiger partial charge in [0.1, 0.15) is 35.7 Å². The van der Waals surface area contributed by atoms with Crippen molar-refractivity contribution >= 4 is 23.9 Å². The average molecular weight is 617 g/mol. The van der Waals surface area contributed by atoms with Crippen LogP contribution in [0.2, 0.25) is 0 Å². The van der Waals surface area contributed by atoms with Crippen LogP contribution in [-0.2, 0) is 18.9 Å². The van der Waals surface area contributed by atoms with Gasteiger partial charge in [-0.2, -0.15) is 0 Å². The Morgan fingerprint density at radius 3 is 1.13 bits per heavy atom. The molecule has 4 rings (SSSR count). The summed E-state index contributed by atoms with van der Waals surface area (Å²) in [6, 6.07) is 20.8. The molecule has 0 saturated heterocycles. The summed E-state index contributed by atoms with van der Waals surface area (Å²) in [5.74, 6) is -3.65. The first-order valence-corrected chi connectivity index (χ1v) is 13.5. The maximum atomic E-state index is 13.1. The highest BCUT2D eigenvalue weighted by atomic mass is 16.6. The number of phenolic OH excluding ortho intramolecular Hbond substituents is 4. The minimum absolute atomic E-state index is 0.0324. The third-order valence-electron chi connectivity index (χ3n) is 6.36. The molecule has 0 spiro atoms.